The van der Waals surface area contributed by atoms with Crippen LogP contribution in [-0.2, 0) is 14.3 Å². The minimum Gasteiger partial charge on any atom is -0.490 e. The van der Waals surface area contributed by atoms with Crippen LogP contribution in [0.3, 0.4) is 0 Å². The van der Waals surface area contributed by atoms with Crippen LogP contribution in [0.25, 0.3) is 0 Å². The number of rotatable bonds is 8. The Balaban J connectivity index is 1.34. The van der Waals surface area contributed by atoms with Gasteiger partial charge in [-0.15, -0.1) is 0 Å². The SMILES string of the molecule is CCC(CC)Oc1cccc(C(=O)NC2COC3C(NC(=O)C4CC4)COC23)c1. The van der Waals surface area contributed by atoms with Gasteiger partial charge in [0.05, 0.1) is 31.4 Å². The van der Waals surface area contributed by atoms with Crippen molar-refractivity contribution in [1.82, 2.24) is 10.6 Å². The van der Waals surface area contributed by atoms with E-state index in [1.54, 1.807) is 12.1 Å². The Bertz CT molecular complexity index is 746. The summed E-state index contributed by atoms with van der Waals surface area (Å²) in [6.07, 6.45) is 3.46. The van der Waals surface area contributed by atoms with E-state index in [0.717, 1.165) is 25.7 Å². The highest BCUT2D eigenvalue weighted by molar-refractivity contribution is 5.94. The van der Waals surface area contributed by atoms with Gasteiger partial charge in [-0.1, -0.05) is 19.9 Å². The van der Waals surface area contributed by atoms with Crippen LogP contribution >= 0.6 is 0 Å². The standard InChI is InChI=1S/C22H30N2O5/c1-3-15(4-2)29-16-7-5-6-14(10-16)22(26)24-18-12-28-19-17(11-27-20(18)19)23-21(25)13-8-9-13/h5-7,10,13,15,17-20H,3-4,8-9,11-12H2,1-2H3,(H,23,25)(H,24,26). The van der Waals surface area contributed by atoms with Crippen LogP contribution in [0.2, 0.25) is 0 Å². The van der Waals surface area contributed by atoms with Gasteiger partial charge in [0.1, 0.15) is 18.0 Å². The number of fused-ring (bicyclic) bond motifs is 1. The van der Waals surface area contributed by atoms with Gasteiger partial charge in [0.2, 0.25) is 5.91 Å². The molecular weight excluding hydrogens is 372 g/mol. The summed E-state index contributed by atoms with van der Waals surface area (Å²) < 4.78 is 17.7. The van der Waals surface area contributed by atoms with Crippen LogP contribution in [0, 0.1) is 5.92 Å². The van der Waals surface area contributed by atoms with Gasteiger partial charge in [-0.25, -0.2) is 0 Å². The fourth-order valence-electron chi connectivity index (χ4n) is 4.00. The quantitative estimate of drug-likeness (QED) is 0.695. The van der Waals surface area contributed by atoms with E-state index in [1.807, 2.05) is 12.1 Å². The molecule has 0 aromatic heterocycles. The van der Waals surface area contributed by atoms with Crippen molar-refractivity contribution in [3.05, 3.63) is 29.8 Å². The highest BCUT2D eigenvalue weighted by Crippen LogP contribution is 2.31. The average molecular weight is 402 g/mol. The molecule has 2 amide bonds. The maximum absolute atomic E-state index is 12.8. The Morgan fingerprint density at radius 1 is 1.07 bits per heavy atom. The molecular formula is C22H30N2O5. The molecule has 1 aliphatic carbocycles. The van der Waals surface area contributed by atoms with E-state index in [1.165, 1.54) is 0 Å². The normalized spacial score (nSPS) is 28.2. The first kappa shape index (κ1) is 20.2. The lowest BCUT2D eigenvalue weighted by molar-refractivity contribution is -0.123. The number of hydrogen-bond donors (Lipinski definition) is 2. The largest absolute Gasteiger partial charge is 0.490 e. The van der Waals surface area contributed by atoms with Crippen LogP contribution in [0.5, 0.6) is 5.75 Å². The first-order valence-corrected chi connectivity index (χ1v) is 10.7. The number of nitrogens with one attached hydrogen (secondary N) is 2. The van der Waals surface area contributed by atoms with Gasteiger partial charge in [-0.05, 0) is 43.9 Å². The van der Waals surface area contributed by atoms with E-state index < -0.39 is 0 Å². The van der Waals surface area contributed by atoms with Crippen molar-refractivity contribution in [3.8, 4) is 5.75 Å². The van der Waals surface area contributed by atoms with Crippen molar-refractivity contribution in [2.45, 2.75) is 69.9 Å². The Hall–Kier alpha value is -2.12. The van der Waals surface area contributed by atoms with E-state index in [0.29, 0.717) is 24.5 Å². The van der Waals surface area contributed by atoms with E-state index in [9.17, 15) is 9.59 Å². The number of ether oxygens (including phenoxy) is 3. The number of carbonyl (C=O) groups is 2. The molecule has 7 heteroatoms. The van der Waals surface area contributed by atoms with Gasteiger partial charge in [0.15, 0.2) is 0 Å². The first-order valence-electron chi connectivity index (χ1n) is 10.7. The second-order valence-electron chi connectivity index (χ2n) is 8.15. The monoisotopic (exact) mass is 402 g/mol. The molecule has 2 saturated heterocycles. The highest BCUT2D eigenvalue weighted by atomic mass is 16.6. The zero-order valence-electron chi connectivity index (χ0n) is 17.1. The van der Waals surface area contributed by atoms with E-state index >= 15 is 0 Å². The lowest BCUT2D eigenvalue weighted by atomic mass is 10.1. The number of benzene rings is 1. The van der Waals surface area contributed by atoms with Gasteiger partial charge >= 0.3 is 0 Å². The predicted octanol–water partition coefficient (Wildman–Crippen LogP) is 2.04. The van der Waals surface area contributed by atoms with Gasteiger partial charge in [-0.3, -0.25) is 9.59 Å². The summed E-state index contributed by atoms with van der Waals surface area (Å²) in [6, 6.07) is 6.87. The van der Waals surface area contributed by atoms with Crippen molar-refractivity contribution in [1.29, 1.82) is 0 Å². The molecule has 0 radical (unpaired) electrons. The molecule has 3 aliphatic rings. The van der Waals surface area contributed by atoms with Crippen molar-refractivity contribution in [2.75, 3.05) is 13.2 Å². The first-order chi connectivity index (χ1) is 14.1. The Morgan fingerprint density at radius 3 is 2.34 bits per heavy atom. The third-order valence-corrected chi connectivity index (χ3v) is 5.96. The van der Waals surface area contributed by atoms with E-state index in [-0.39, 0.29) is 48.1 Å². The van der Waals surface area contributed by atoms with Crippen molar-refractivity contribution in [2.24, 2.45) is 5.92 Å². The van der Waals surface area contributed by atoms with Gasteiger partial charge < -0.3 is 24.8 Å². The molecule has 4 unspecified atom stereocenters. The zero-order valence-corrected chi connectivity index (χ0v) is 17.1. The number of amides is 2. The Morgan fingerprint density at radius 2 is 1.72 bits per heavy atom. The maximum Gasteiger partial charge on any atom is 0.251 e. The number of carbonyl (C=O) groups excluding carboxylic acids is 2. The van der Waals surface area contributed by atoms with Crippen molar-refractivity contribution >= 4 is 11.8 Å². The summed E-state index contributed by atoms with van der Waals surface area (Å²) in [4.78, 5) is 24.8. The molecule has 2 heterocycles. The van der Waals surface area contributed by atoms with E-state index in [4.69, 9.17) is 14.2 Å². The molecule has 2 aliphatic heterocycles. The molecule has 4 rings (SSSR count). The van der Waals surface area contributed by atoms with Crippen LogP contribution in [0.1, 0.15) is 49.9 Å². The fraction of sp³-hybridized carbons (Fsp3) is 0.636. The summed E-state index contributed by atoms with van der Waals surface area (Å²) >= 11 is 0. The second-order valence-corrected chi connectivity index (χ2v) is 8.15. The molecule has 7 nitrogen and oxygen atoms in total. The Kier molecular flexibility index (Phi) is 6.06. The molecule has 158 valence electrons. The summed E-state index contributed by atoms with van der Waals surface area (Å²) in [7, 11) is 0. The van der Waals surface area contributed by atoms with Crippen molar-refractivity contribution < 1.29 is 23.8 Å². The van der Waals surface area contributed by atoms with Gasteiger partial charge in [0.25, 0.3) is 5.91 Å². The summed E-state index contributed by atoms with van der Waals surface area (Å²) in [5.41, 5.74) is 0.550. The minimum absolute atomic E-state index is 0.0876. The van der Waals surface area contributed by atoms with Crippen LogP contribution < -0.4 is 15.4 Å². The molecule has 1 saturated carbocycles. The lowest BCUT2D eigenvalue weighted by Gasteiger charge is -2.19. The molecule has 0 spiro atoms. The fourth-order valence-corrected chi connectivity index (χ4v) is 4.00. The van der Waals surface area contributed by atoms with E-state index in [2.05, 4.69) is 24.5 Å². The maximum atomic E-state index is 12.8. The van der Waals surface area contributed by atoms with Crippen LogP contribution in [-0.4, -0.2) is 55.4 Å². The topological polar surface area (TPSA) is 85.9 Å². The summed E-state index contributed by atoms with van der Waals surface area (Å²) in [5, 5.41) is 6.06. The molecule has 3 fully saturated rings. The molecule has 1 aromatic carbocycles. The smallest absolute Gasteiger partial charge is 0.251 e. The van der Waals surface area contributed by atoms with Crippen LogP contribution in [0.4, 0.5) is 0 Å². The molecule has 4 atom stereocenters. The molecule has 2 N–H and O–H groups in total. The van der Waals surface area contributed by atoms with Gasteiger partial charge in [-0.2, -0.15) is 0 Å². The summed E-state index contributed by atoms with van der Waals surface area (Å²) in [6.45, 7) is 4.96. The lowest BCUT2D eigenvalue weighted by Crippen LogP contribution is -2.47. The van der Waals surface area contributed by atoms with Crippen LogP contribution in [0.15, 0.2) is 24.3 Å². The predicted molar refractivity (Wildman–Crippen MR) is 107 cm³/mol. The molecule has 29 heavy (non-hydrogen) atoms. The second kappa shape index (κ2) is 8.71. The van der Waals surface area contributed by atoms with Gasteiger partial charge in [0, 0.05) is 11.5 Å². The summed E-state index contributed by atoms with van der Waals surface area (Å²) in [5.74, 6) is 0.764. The molecule has 1 aromatic rings. The number of hydrogen-bond acceptors (Lipinski definition) is 5. The molecule has 0 bridgehead atoms. The third-order valence-electron chi connectivity index (χ3n) is 5.96. The zero-order chi connectivity index (χ0) is 20.4. The highest BCUT2D eigenvalue weighted by Gasteiger charge is 2.49. The minimum atomic E-state index is -0.243. The van der Waals surface area contributed by atoms with Crippen molar-refractivity contribution in [3.63, 3.8) is 0 Å². The average Bonchev–Trinajstić information content (AvgIpc) is 3.41. The third kappa shape index (κ3) is 4.56. The Labute approximate surface area is 171 Å².